The summed E-state index contributed by atoms with van der Waals surface area (Å²) in [5.41, 5.74) is 0.0624. The minimum Gasteiger partial charge on any atom is -0.417 e. The van der Waals surface area contributed by atoms with Gasteiger partial charge in [-0.05, 0) is 19.9 Å². The van der Waals surface area contributed by atoms with E-state index in [2.05, 4.69) is 15.4 Å². The number of aromatic nitrogens is 3. The Bertz CT molecular complexity index is 758. The Kier molecular flexibility index (Phi) is 4.51. The van der Waals surface area contributed by atoms with Gasteiger partial charge in [-0.3, -0.25) is 0 Å². The van der Waals surface area contributed by atoms with Crippen LogP contribution in [0.15, 0.2) is 12.3 Å². The van der Waals surface area contributed by atoms with Gasteiger partial charge in [0.1, 0.15) is 5.02 Å². The highest BCUT2D eigenvalue weighted by Crippen LogP contribution is 2.35. The van der Waals surface area contributed by atoms with Gasteiger partial charge < -0.3 is 10.1 Å². The predicted octanol–water partition coefficient (Wildman–Crippen LogP) is 3.55. The fourth-order valence-corrected chi connectivity index (χ4v) is 1.91. The van der Waals surface area contributed by atoms with Gasteiger partial charge in [0.25, 0.3) is 0 Å². The predicted molar refractivity (Wildman–Crippen MR) is 75.9 cm³/mol. The molecule has 0 saturated carbocycles. The minimum atomic E-state index is -4.55. The third-order valence-electron chi connectivity index (χ3n) is 3.11. The Morgan fingerprint density at radius 2 is 2.00 bits per heavy atom. The Hall–Kier alpha value is -2.29. The molecule has 1 N–H and O–H groups in total. The summed E-state index contributed by atoms with van der Waals surface area (Å²) in [6.45, 7) is 3.29. The number of alkyl halides is 3. The van der Waals surface area contributed by atoms with Gasteiger partial charge in [0, 0.05) is 18.8 Å². The molecule has 0 unspecified atom stereocenters. The van der Waals surface area contributed by atoms with Gasteiger partial charge in [-0.25, -0.2) is 9.78 Å². The van der Waals surface area contributed by atoms with Crippen molar-refractivity contribution in [3.05, 3.63) is 34.1 Å². The van der Waals surface area contributed by atoms with E-state index in [1.54, 1.807) is 13.8 Å². The number of carbonyl (C=O) groups excluding carboxylic acids is 1. The highest BCUT2D eigenvalue weighted by Gasteiger charge is 2.32. The number of rotatable bonds is 2. The van der Waals surface area contributed by atoms with E-state index in [1.165, 1.54) is 7.05 Å². The summed E-state index contributed by atoms with van der Waals surface area (Å²) in [5, 5.41) is 6.04. The van der Waals surface area contributed by atoms with Gasteiger partial charge in [0.05, 0.1) is 11.3 Å². The molecule has 23 heavy (non-hydrogen) atoms. The average molecular weight is 349 g/mol. The van der Waals surface area contributed by atoms with Crippen LogP contribution in [0.1, 0.15) is 16.8 Å². The van der Waals surface area contributed by atoms with Gasteiger partial charge >= 0.3 is 12.2 Å². The third-order valence-corrected chi connectivity index (χ3v) is 3.38. The lowest BCUT2D eigenvalue weighted by molar-refractivity contribution is -0.137. The molecule has 0 aromatic carbocycles. The van der Waals surface area contributed by atoms with Gasteiger partial charge in [-0.2, -0.15) is 17.9 Å². The number of hydrogen-bond donors (Lipinski definition) is 1. The lowest BCUT2D eigenvalue weighted by Gasteiger charge is -2.09. The number of hydrogen-bond acceptors (Lipinski definition) is 4. The molecule has 0 aliphatic rings. The minimum absolute atomic E-state index is 0.0280. The van der Waals surface area contributed by atoms with Crippen LogP contribution in [0, 0.1) is 13.8 Å². The van der Waals surface area contributed by atoms with Crippen LogP contribution in [-0.2, 0) is 6.18 Å². The molecule has 1 amide bonds. The van der Waals surface area contributed by atoms with Crippen LogP contribution in [0.25, 0.3) is 0 Å². The maximum absolute atomic E-state index is 12.6. The fourth-order valence-electron chi connectivity index (χ4n) is 1.70. The molecule has 6 nitrogen and oxygen atoms in total. The lowest BCUT2D eigenvalue weighted by atomic mass is 10.3. The van der Waals surface area contributed by atoms with Crippen molar-refractivity contribution in [2.75, 3.05) is 7.05 Å². The molecule has 0 aliphatic heterocycles. The molecule has 10 heteroatoms. The second-order valence-corrected chi connectivity index (χ2v) is 5.00. The number of carbonyl (C=O) groups is 1. The monoisotopic (exact) mass is 348 g/mol. The molecule has 2 aromatic heterocycles. The van der Waals surface area contributed by atoms with Crippen molar-refractivity contribution in [1.82, 2.24) is 20.1 Å². The first-order valence-electron chi connectivity index (χ1n) is 6.34. The van der Waals surface area contributed by atoms with E-state index < -0.39 is 17.8 Å². The smallest absolute Gasteiger partial charge is 0.417 e. The van der Waals surface area contributed by atoms with Crippen molar-refractivity contribution in [2.24, 2.45) is 0 Å². The molecule has 0 saturated heterocycles. The van der Waals surface area contributed by atoms with E-state index in [4.69, 9.17) is 16.3 Å². The molecule has 0 bridgehead atoms. The molecule has 0 aliphatic carbocycles. The Morgan fingerprint density at radius 1 is 1.35 bits per heavy atom. The van der Waals surface area contributed by atoms with Gasteiger partial charge in [0.15, 0.2) is 0 Å². The molecule has 0 atom stereocenters. The summed E-state index contributed by atoms with van der Waals surface area (Å²) >= 11 is 5.77. The van der Waals surface area contributed by atoms with Crippen molar-refractivity contribution < 1.29 is 22.7 Å². The molecule has 124 valence electrons. The van der Waals surface area contributed by atoms with E-state index in [-0.39, 0.29) is 16.8 Å². The Morgan fingerprint density at radius 3 is 2.52 bits per heavy atom. The van der Waals surface area contributed by atoms with Crippen molar-refractivity contribution in [2.45, 2.75) is 20.0 Å². The third kappa shape index (κ3) is 3.39. The first-order chi connectivity index (χ1) is 10.6. The van der Waals surface area contributed by atoms with Crippen molar-refractivity contribution >= 4 is 17.6 Å². The highest BCUT2D eigenvalue weighted by atomic mass is 35.5. The van der Waals surface area contributed by atoms with Crippen LogP contribution in [0.2, 0.25) is 5.02 Å². The summed E-state index contributed by atoms with van der Waals surface area (Å²) in [7, 11) is 1.44. The SMILES string of the molecule is CNC(=O)n1nc(Oc2ncc(C(F)(F)F)cc2Cl)c(C)c1C. The number of halogens is 4. The average Bonchev–Trinajstić information content (AvgIpc) is 2.76. The number of ether oxygens (including phenoxy) is 1. The summed E-state index contributed by atoms with van der Waals surface area (Å²) in [6.07, 6.45) is -3.94. The van der Waals surface area contributed by atoms with Gasteiger partial charge in [-0.15, -0.1) is 5.10 Å². The summed E-state index contributed by atoms with van der Waals surface area (Å²) < 4.78 is 44.1. The van der Waals surface area contributed by atoms with E-state index in [1.807, 2.05) is 0 Å². The van der Waals surface area contributed by atoms with E-state index in [9.17, 15) is 18.0 Å². The van der Waals surface area contributed by atoms with Crippen LogP contribution in [0.4, 0.5) is 18.0 Å². The van der Waals surface area contributed by atoms with Crippen LogP contribution in [-0.4, -0.2) is 27.8 Å². The van der Waals surface area contributed by atoms with Gasteiger partial charge in [0.2, 0.25) is 11.8 Å². The van der Waals surface area contributed by atoms with Crippen molar-refractivity contribution in [3.8, 4) is 11.8 Å². The fraction of sp³-hybridized carbons (Fsp3) is 0.308. The molecular weight excluding hydrogens is 337 g/mol. The molecular formula is C13H12ClF3N4O2. The van der Waals surface area contributed by atoms with E-state index in [0.717, 1.165) is 4.68 Å². The Labute approximate surface area is 134 Å². The van der Waals surface area contributed by atoms with Crippen LogP contribution >= 0.6 is 11.6 Å². The maximum Gasteiger partial charge on any atom is 0.417 e. The number of nitrogens with zero attached hydrogens (tertiary/aromatic N) is 3. The molecule has 0 radical (unpaired) electrons. The molecule has 2 aromatic rings. The second kappa shape index (κ2) is 6.07. The van der Waals surface area contributed by atoms with E-state index in [0.29, 0.717) is 23.5 Å². The number of amides is 1. The van der Waals surface area contributed by atoms with Gasteiger partial charge in [-0.1, -0.05) is 11.6 Å². The number of pyridine rings is 1. The van der Waals surface area contributed by atoms with Crippen molar-refractivity contribution in [1.29, 1.82) is 0 Å². The maximum atomic E-state index is 12.6. The second-order valence-electron chi connectivity index (χ2n) is 4.59. The van der Waals surface area contributed by atoms with Crippen LogP contribution < -0.4 is 10.1 Å². The zero-order chi connectivity index (χ0) is 17.4. The standard InChI is InChI=1S/C13H12ClF3N4O2/c1-6-7(2)21(12(22)18-3)20-10(6)23-11-9(14)4-8(5-19-11)13(15,16)17/h4-5H,1-3H3,(H,18,22). The zero-order valence-electron chi connectivity index (χ0n) is 12.3. The largest absolute Gasteiger partial charge is 0.417 e. The van der Waals surface area contributed by atoms with Crippen LogP contribution in [0.3, 0.4) is 0 Å². The Balaban J connectivity index is 2.35. The lowest BCUT2D eigenvalue weighted by Crippen LogP contribution is -2.26. The summed E-state index contributed by atoms with van der Waals surface area (Å²) in [6, 6.07) is 0.230. The first kappa shape index (κ1) is 17.1. The first-order valence-corrected chi connectivity index (χ1v) is 6.71. The summed E-state index contributed by atoms with van der Waals surface area (Å²) in [4.78, 5) is 15.2. The zero-order valence-corrected chi connectivity index (χ0v) is 13.1. The van der Waals surface area contributed by atoms with E-state index >= 15 is 0 Å². The highest BCUT2D eigenvalue weighted by molar-refractivity contribution is 6.31. The topological polar surface area (TPSA) is 69.0 Å². The molecule has 0 fully saturated rings. The molecule has 2 rings (SSSR count). The quantitative estimate of drug-likeness (QED) is 0.901. The van der Waals surface area contributed by atoms with Crippen molar-refractivity contribution in [3.63, 3.8) is 0 Å². The summed E-state index contributed by atoms with van der Waals surface area (Å²) in [5.74, 6) is -0.204. The molecule has 0 spiro atoms. The normalized spacial score (nSPS) is 11.4. The van der Waals surface area contributed by atoms with Crippen LogP contribution in [0.5, 0.6) is 11.8 Å². The number of nitrogens with one attached hydrogen (secondary N) is 1. The molecule has 2 heterocycles.